The highest BCUT2D eigenvalue weighted by molar-refractivity contribution is 5.94. The van der Waals surface area contributed by atoms with Crippen molar-refractivity contribution in [2.75, 3.05) is 5.73 Å². The summed E-state index contributed by atoms with van der Waals surface area (Å²) in [6.07, 6.45) is 7.91. The molecule has 1 aliphatic carbocycles. The number of nitrogens with zero attached hydrogens (tertiary/aromatic N) is 1. The van der Waals surface area contributed by atoms with Crippen molar-refractivity contribution < 1.29 is 4.79 Å². The maximum Gasteiger partial charge on any atom is 0.268 e. The third-order valence-corrected chi connectivity index (χ3v) is 4.34. The summed E-state index contributed by atoms with van der Waals surface area (Å²) >= 11 is 0. The van der Waals surface area contributed by atoms with E-state index in [1.54, 1.807) is 6.07 Å². The zero-order valence-corrected chi connectivity index (χ0v) is 12.9. The summed E-state index contributed by atoms with van der Waals surface area (Å²) < 4.78 is 1.95. The molecule has 0 saturated heterocycles. The first-order chi connectivity index (χ1) is 9.49. The van der Waals surface area contributed by atoms with Gasteiger partial charge in [0.1, 0.15) is 5.69 Å². The first-order valence-electron chi connectivity index (χ1n) is 7.77. The summed E-state index contributed by atoms with van der Waals surface area (Å²) in [5.41, 5.74) is 7.17. The second-order valence-corrected chi connectivity index (χ2v) is 6.35. The SMILES string of the molecule is CC1CCCCCC1NC(=O)c1cc(N)cn1C(C)C. The van der Waals surface area contributed by atoms with Crippen molar-refractivity contribution in [3.63, 3.8) is 0 Å². The number of carbonyl (C=O) groups is 1. The molecule has 1 heterocycles. The lowest BCUT2D eigenvalue weighted by Gasteiger charge is -2.23. The summed E-state index contributed by atoms with van der Waals surface area (Å²) in [7, 11) is 0. The number of aromatic nitrogens is 1. The first-order valence-corrected chi connectivity index (χ1v) is 7.77. The number of hydrogen-bond donors (Lipinski definition) is 2. The van der Waals surface area contributed by atoms with Crippen LogP contribution in [0.5, 0.6) is 0 Å². The smallest absolute Gasteiger partial charge is 0.268 e. The number of hydrogen-bond acceptors (Lipinski definition) is 2. The molecule has 1 aromatic heterocycles. The molecule has 0 aliphatic heterocycles. The Kier molecular flexibility index (Phi) is 4.73. The van der Waals surface area contributed by atoms with Crippen LogP contribution in [-0.4, -0.2) is 16.5 Å². The van der Waals surface area contributed by atoms with E-state index in [2.05, 4.69) is 26.1 Å². The molecule has 0 spiro atoms. The van der Waals surface area contributed by atoms with Crippen LogP contribution in [0, 0.1) is 5.92 Å². The minimum Gasteiger partial charge on any atom is -0.397 e. The molecule has 1 aromatic rings. The molecular weight excluding hydrogens is 250 g/mol. The molecular formula is C16H27N3O. The molecule has 1 aliphatic rings. The molecule has 0 aromatic carbocycles. The fourth-order valence-electron chi connectivity index (χ4n) is 3.06. The Hall–Kier alpha value is -1.45. The molecule has 0 bridgehead atoms. The number of amides is 1. The second kappa shape index (κ2) is 6.33. The molecule has 3 N–H and O–H groups in total. The lowest BCUT2D eigenvalue weighted by Crippen LogP contribution is -2.39. The van der Waals surface area contributed by atoms with E-state index in [1.165, 1.54) is 25.7 Å². The number of nitrogens with two attached hydrogens (primary N) is 1. The molecule has 20 heavy (non-hydrogen) atoms. The van der Waals surface area contributed by atoms with Crippen LogP contribution in [0.25, 0.3) is 0 Å². The van der Waals surface area contributed by atoms with Crippen molar-refractivity contribution in [1.29, 1.82) is 0 Å². The fourth-order valence-corrected chi connectivity index (χ4v) is 3.06. The van der Waals surface area contributed by atoms with Gasteiger partial charge >= 0.3 is 0 Å². The Morgan fingerprint density at radius 2 is 2.05 bits per heavy atom. The van der Waals surface area contributed by atoms with E-state index in [1.807, 2.05) is 10.8 Å². The Morgan fingerprint density at radius 3 is 2.75 bits per heavy atom. The predicted octanol–water partition coefficient (Wildman–Crippen LogP) is 3.35. The molecule has 1 fully saturated rings. The third kappa shape index (κ3) is 3.35. The average molecular weight is 277 g/mol. The largest absolute Gasteiger partial charge is 0.397 e. The number of anilines is 1. The van der Waals surface area contributed by atoms with Gasteiger partial charge in [0.2, 0.25) is 0 Å². The molecule has 1 amide bonds. The average Bonchev–Trinajstić information content (AvgIpc) is 2.68. The predicted molar refractivity (Wildman–Crippen MR) is 82.7 cm³/mol. The minimum absolute atomic E-state index is 0.00847. The summed E-state index contributed by atoms with van der Waals surface area (Å²) in [6, 6.07) is 2.30. The van der Waals surface area contributed by atoms with Crippen LogP contribution in [0.1, 0.15) is 69.4 Å². The summed E-state index contributed by atoms with van der Waals surface area (Å²) in [5, 5.41) is 3.22. The number of rotatable bonds is 3. The molecule has 1 saturated carbocycles. The highest BCUT2D eigenvalue weighted by atomic mass is 16.2. The van der Waals surface area contributed by atoms with E-state index in [0.717, 1.165) is 6.42 Å². The maximum atomic E-state index is 12.5. The van der Waals surface area contributed by atoms with Crippen LogP contribution in [0.3, 0.4) is 0 Å². The Bertz CT molecular complexity index is 464. The molecule has 2 rings (SSSR count). The lowest BCUT2D eigenvalue weighted by atomic mass is 9.97. The van der Waals surface area contributed by atoms with Crippen LogP contribution in [-0.2, 0) is 0 Å². The van der Waals surface area contributed by atoms with Crippen LogP contribution in [0.2, 0.25) is 0 Å². The van der Waals surface area contributed by atoms with E-state index in [0.29, 0.717) is 23.3 Å². The Morgan fingerprint density at radius 1 is 1.35 bits per heavy atom. The number of nitrogens with one attached hydrogen (secondary N) is 1. The van der Waals surface area contributed by atoms with Crippen LogP contribution < -0.4 is 11.1 Å². The van der Waals surface area contributed by atoms with Gasteiger partial charge in [0.05, 0.1) is 5.69 Å². The van der Waals surface area contributed by atoms with Crippen LogP contribution in [0.4, 0.5) is 5.69 Å². The van der Waals surface area contributed by atoms with Gasteiger partial charge in [-0.25, -0.2) is 0 Å². The topological polar surface area (TPSA) is 60.1 Å². The zero-order chi connectivity index (χ0) is 14.7. The molecule has 2 atom stereocenters. The Labute approximate surface area is 121 Å². The van der Waals surface area contributed by atoms with Crippen molar-refractivity contribution in [3.8, 4) is 0 Å². The van der Waals surface area contributed by atoms with Crippen LogP contribution >= 0.6 is 0 Å². The standard InChI is InChI=1S/C16H27N3O/c1-11(2)19-10-13(17)9-15(19)16(20)18-14-8-6-4-5-7-12(14)3/h9-12,14H,4-8,17H2,1-3H3,(H,18,20). The maximum absolute atomic E-state index is 12.5. The number of carbonyl (C=O) groups excluding carboxylic acids is 1. The molecule has 4 nitrogen and oxygen atoms in total. The van der Waals surface area contributed by atoms with Gasteiger partial charge < -0.3 is 15.6 Å². The van der Waals surface area contributed by atoms with Crippen molar-refractivity contribution in [2.24, 2.45) is 5.92 Å². The van der Waals surface area contributed by atoms with Gasteiger partial charge in [-0.15, -0.1) is 0 Å². The number of nitrogen functional groups attached to an aromatic ring is 1. The van der Waals surface area contributed by atoms with E-state index in [-0.39, 0.29) is 11.9 Å². The lowest BCUT2D eigenvalue weighted by molar-refractivity contribution is 0.0910. The second-order valence-electron chi connectivity index (χ2n) is 6.35. The van der Waals surface area contributed by atoms with E-state index in [9.17, 15) is 4.79 Å². The molecule has 0 radical (unpaired) electrons. The third-order valence-electron chi connectivity index (χ3n) is 4.34. The van der Waals surface area contributed by atoms with Gasteiger partial charge in [0.25, 0.3) is 5.91 Å². The van der Waals surface area contributed by atoms with Crippen molar-refractivity contribution in [1.82, 2.24) is 9.88 Å². The summed E-state index contributed by atoms with van der Waals surface area (Å²) in [4.78, 5) is 12.5. The van der Waals surface area contributed by atoms with Crippen LogP contribution in [0.15, 0.2) is 12.3 Å². The fraction of sp³-hybridized carbons (Fsp3) is 0.688. The van der Waals surface area contributed by atoms with Gasteiger partial charge in [-0.3, -0.25) is 4.79 Å². The van der Waals surface area contributed by atoms with E-state index in [4.69, 9.17) is 5.73 Å². The normalized spacial score (nSPS) is 23.6. The summed E-state index contributed by atoms with van der Waals surface area (Å²) in [6.45, 7) is 6.36. The highest BCUT2D eigenvalue weighted by Crippen LogP contribution is 2.24. The van der Waals surface area contributed by atoms with Crippen molar-refractivity contribution in [2.45, 2.75) is 65.0 Å². The van der Waals surface area contributed by atoms with E-state index < -0.39 is 0 Å². The van der Waals surface area contributed by atoms with Crippen molar-refractivity contribution in [3.05, 3.63) is 18.0 Å². The minimum atomic E-state index is 0.00847. The molecule has 112 valence electrons. The quantitative estimate of drug-likeness (QED) is 0.832. The van der Waals surface area contributed by atoms with Gasteiger partial charge in [-0.1, -0.05) is 26.2 Å². The zero-order valence-electron chi connectivity index (χ0n) is 12.9. The highest BCUT2D eigenvalue weighted by Gasteiger charge is 2.23. The molecule has 2 unspecified atom stereocenters. The molecule has 4 heteroatoms. The summed E-state index contributed by atoms with van der Waals surface area (Å²) in [5.74, 6) is 0.565. The van der Waals surface area contributed by atoms with Gasteiger partial charge in [-0.05, 0) is 38.7 Å². The van der Waals surface area contributed by atoms with Gasteiger partial charge in [0.15, 0.2) is 0 Å². The monoisotopic (exact) mass is 277 g/mol. The Balaban J connectivity index is 2.11. The van der Waals surface area contributed by atoms with Crippen molar-refractivity contribution >= 4 is 11.6 Å². The first kappa shape index (κ1) is 14.9. The van der Waals surface area contributed by atoms with Gasteiger partial charge in [-0.2, -0.15) is 0 Å². The van der Waals surface area contributed by atoms with Gasteiger partial charge in [0, 0.05) is 18.3 Å². The van der Waals surface area contributed by atoms with E-state index >= 15 is 0 Å².